The molecule has 0 aromatic carbocycles. The van der Waals surface area contributed by atoms with Crippen molar-refractivity contribution in [2.45, 2.75) is 64.3 Å². The Bertz CT molecular complexity index is 1070. The molecule has 1 fully saturated rings. The van der Waals surface area contributed by atoms with E-state index in [0.717, 1.165) is 6.26 Å². The molecule has 1 saturated heterocycles. The van der Waals surface area contributed by atoms with Crippen LogP contribution < -0.4 is 9.74 Å². The number of nitrogens with zero attached hydrogens (tertiary/aromatic N) is 3. The van der Waals surface area contributed by atoms with Gasteiger partial charge in [-0.15, -0.1) is 0 Å². The number of likely N-dealkylation sites (N-methyl/N-ethyl adjacent to an activating group) is 1. The van der Waals surface area contributed by atoms with Crippen LogP contribution in [0.5, 0.6) is 5.75 Å². The highest BCUT2D eigenvalue weighted by Crippen LogP contribution is 2.40. The van der Waals surface area contributed by atoms with Gasteiger partial charge in [-0.05, 0) is 40.5 Å². The van der Waals surface area contributed by atoms with Gasteiger partial charge in [0, 0.05) is 7.05 Å². The molecular weight excluding hydrogens is 446 g/mol. The van der Waals surface area contributed by atoms with Crippen molar-refractivity contribution in [2.24, 2.45) is 0 Å². The Morgan fingerprint density at radius 3 is 2.41 bits per heavy atom. The Kier molecular flexibility index (Phi) is 7.18. The maximum absolute atomic E-state index is 13.1. The first-order valence-corrected chi connectivity index (χ1v) is 11.6. The molecule has 3 aliphatic rings. The van der Waals surface area contributed by atoms with Crippen LogP contribution in [0.15, 0.2) is 4.79 Å². The molecule has 4 rings (SSSR count). The molecule has 4 heterocycles. The minimum atomic E-state index is -3.90. The Morgan fingerprint density at radius 2 is 1.94 bits per heavy atom. The number of carbonyl (C=O) groups excluding carboxylic acids is 3. The van der Waals surface area contributed by atoms with E-state index < -0.39 is 32.9 Å². The molecule has 3 aliphatic heterocycles. The standard InChI is InChI=1S/C18H27N3O7S.CO2/c1-11-13(28-29(6,24)25)14(22)21-9-12-7-8-18(10-26-12,15(21)19-11)20(5)16(23)27-17(2,3)4;2-1-3/h12H,7-10H2,1-6H3;. The summed E-state index contributed by atoms with van der Waals surface area (Å²) in [6.45, 7) is 7.17. The highest BCUT2D eigenvalue weighted by Gasteiger charge is 2.50. The van der Waals surface area contributed by atoms with Gasteiger partial charge in [0.25, 0.3) is 5.56 Å². The first-order chi connectivity index (χ1) is 14.6. The molecule has 0 saturated carbocycles. The van der Waals surface area contributed by atoms with Gasteiger partial charge in [0.2, 0.25) is 5.75 Å². The van der Waals surface area contributed by atoms with Crippen LogP contribution >= 0.6 is 0 Å². The van der Waals surface area contributed by atoms with E-state index in [1.165, 1.54) is 16.4 Å². The van der Waals surface area contributed by atoms with Crippen molar-refractivity contribution in [2.75, 3.05) is 19.9 Å². The summed E-state index contributed by atoms with van der Waals surface area (Å²) in [4.78, 5) is 48.1. The highest BCUT2D eigenvalue weighted by atomic mass is 32.2. The summed E-state index contributed by atoms with van der Waals surface area (Å²) in [6, 6.07) is 0. The third-order valence-corrected chi connectivity index (χ3v) is 5.55. The summed E-state index contributed by atoms with van der Waals surface area (Å²) >= 11 is 0. The normalized spacial score (nSPS) is 21.9. The van der Waals surface area contributed by atoms with Crippen molar-refractivity contribution < 1.29 is 36.5 Å². The molecule has 0 radical (unpaired) electrons. The van der Waals surface area contributed by atoms with Gasteiger partial charge in [0.15, 0.2) is 0 Å². The maximum Gasteiger partial charge on any atom is 0.410 e. The molecule has 0 aliphatic carbocycles. The van der Waals surface area contributed by atoms with Crippen LogP contribution in [0.1, 0.15) is 45.1 Å². The number of hydrogen-bond acceptors (Lipinski definition) is 10. The number of hydrogen-bond donors (Lipinski definition) is 0. The van der Waals surface area contributed by atoms with Gasteiger partial charge in [-0.1, -0.05) is 0 Å². The smallest absolute Gasteiger partial charge is 0.410 e. The topological polar surface area (TPSA) is 151 Å². The lowest BCUT2D eigenvalue weighted by Gasteiger charge is -2.43. The third kappa shape index (κ3) is 5.34. The van der Waals surface area contributed by atoms with Gasteiger partial charge in [0.05, 0.1) is 31.2 Å². The third-order valence-electron chi connectivity index (χ3n) is 5.08. The average molecular weight is 474 g/mol. The van der Waals surface area contributed by atoms with E-state index in [1.54, 1.807) is 27.8 Å². The molecule has 178 valence electrons. The summed E-state index contributed by atoms with van der Waals surface area (Å²) in [5.74, 6) is 0.00170. The van der Waals surface area contributed by atoms with Crippen molar-refractivity contribution >= 4 is 22.4 Å². The van der Waals surface area contributed by atoms with E-state index in [4.69, 9.17) is 23.2 Å². The molecule has 1 amide bonds. The molecule has 2 unspecified atom stereocenters. The van der Waals surface area contributed by atoms with E-state index in [9.17, 15) is 18.0 Å². The SMILES string of the molecule is Cc1nc2n(c(=O)c1OS(C)(=O)=O)CC1CCC2(N(C)C(=O)OC(C)(C)C)CO1.O=C=O. The van der Waals surface area contributed by atoms with Gasteiger partial charge < -0.3 is 13.7 Å². The number of amides is 1. The van der Waals surface area contributed by atoms with Crippen molar-refractivity contribution in [1.29, 1.82) is 0 Å². The van der Waals surface area contributed by atoms with Gasteiger partial charge in [0.1, 0.15) is 17.0 Å². The minimum Gasteiger partial charge on any atom is -0.444 e. The predicted octanol–water partition coefficient (Wildman–Crippen LogP) is 0.561. The average Bonchev–Trinajstić information content (AvgIpc) is 2.90. The first-order valence-electron chi connectivity index (χ1n) is 9.74. The van der Waals surface area contributed by atoms with Crippen molar-refractivity contribution in [3.63, 3.8) is 0 Å². The predicted molar refractivity (Wildman–Crippen MR) is 108 cm³/mol. The fourth-order valence-corrected chi connectivity index (χ4v) is 4.16. The molecule has 1 aromatic rings. The number of fused-ring (bicyclic) bond motifs is 2. The Morgan fingerprint density at radius 1 is 1.34 bits per heavy atom. The number of aromatic nitrogens is 2. The molecule has 0 spiro atoms. The van der Waals surface area contributed by atoms with Crippen LogP contribution in [0.2, 0.25) is 0 Å². The zero-order chi connectivity index (χ0) is 24.5. The Labute approximate surface area is 185 Å². The molecule has 0 N–H and O–H groups in total. The van der Waals surface area contributed by atoms with E-state index in [2.05, 4.69) is 4.98 Å². The van der Waals surface area contributed by atoms with Gasteiger partial charge in [-0.2, -0.15) is 18.0 Å². The molecule has 2 bridgehead atoms. The van der Waals surface area contributed by atoms with Crippen LogP contribution in [-0.4, -0.2) is 66.7 Å². The molecule has 13 heteroatoms. The molecule has 32 heavy (non-hydrogen) atoms. The van der Waals surface area contributed by atoms with Gasteiger partial charge in [-0.3, -0.25) is 14.3 Å². The second kappa shape index (κ2) is 9.00. The van der Waals surface area contributed by atoms with E-state index in [1.807, 2.05) is 0 Å². The molecule has 1 aromatic heterocycles. The second-order valence-electron chi connectivity index (χ2n) is 8.68. The first kappa shape index (κ1) is 25.5. The number of rotatable bonds is 3. The van der Waals surface area contributed by atoms with Crippen LogP contribution in [0.4, 0.5) is 4.79 Å². The fourth-order valence-electron chi connectivity index (χ4n) is 3.67. The number of aryl methyl sites for hydroxylation is 1. The van der Waals surface area contributed by atoms with Gasteiger partial charge in [-0.25, -0.2) is 9.78 Å². The number of carbonyl (C=O) groups is 1. The Hall–Kier alpha value is -2.76. The molecular formula is C19H27N3O9S. The quantitative estimate of drug-likeness (QED) is 0.569. The highest BCUT2D eigenvalue weighted by molar-refractivity contribution is 7.86. The summed E-state index contributed by atoms with van der Waals surface area (Å²) in [5, 5.41) is 0. The van der Waals surface area contributed by atoms with Gasteiger partial charge >= 0.3 is 22.4 Å². The van der Waals surface area contributed by atoms with E-state index in [-0.39, 0.29) is 36.9 Å². The van der Waals surface area contributed by atoms with E-state index in [0.29, 0.717) is 18.7 Å². The van der Waals surface area contributed by atoms with Crippen molar-refractivity contribution in [1.82, 2.24) is 14.5 Å². The maximum atomic E-state index is 13.1. The largest absolute Gasteiger partial charge is 0.444 e. The lowest BCUT2D eigenvalue weighted by molar-refractivity contribution is -0.191. The summed E-state index contributed by atoms with van der Waals surface area (Å²) in [7, 11) is -2.31. The van der Waals surface area contributed by atoms with Crippen LogP contribution in [0.25, 0.3) is 0 Å². The molecule has 12 nitrogen and oxygen atoms in total. The summed E-state index contributed by atoms with van der Waals surface area (Å²) < 4.78 is 40.9. The summed E-state index contributed by atoms with van der Waals surface area (Å²) in [5.41, 5.74) is -2.18. The van der Waals surface area contributed by atoms with Crippen LogP contribution in [0.3, 0.4) is 0 Å². The molecule has 2 atom stereocenters. The Balaban J connectivity index is 0.00000114. The fraction of sp³-hybridized carbons (Fsp3) is 0.684. The van der Waals surface area contributed by atoms with E-state index >= 15 is 0 Å². The zero-order valence-corrected chi connectivity index (χ0v) is 19.6. The lowest BCUT2D eigenvalue weighted by atomic mass is 9.89. The second-order valence-corrected chi connectivity index (χ2v) is 10.3. The van der Waals surface area contributed by atoms with Crippen LogP contribution in [-0.2, 0) is 41.3 Å². The lowest BCUT2D eigenvalue weighted by Crippen LogP contribution is -2.54. The number of ether oxygens (including phenoxy) is 2. The summed E-state index contributed by atoms with van der Waals surface area (Å²) in [6.07, 6.45) is 1.45. The van der Waals surface area contributed by atoms with Crippen molar-refractivity contribution in [3.8, 4) is 5.75 Å². The van der Waals surface area contributed by atoms with Crippen molar-refractivity contribution in [3.05, 3.63) is 21.9 Å². The monoisotopic (exact) mass is 473 g/mol. The minimum absolute atomic E-state index is 0.133. The van der Waals surface area contributed by atoms with Crippen LogP contribution in [0, 0.1) is 6.92 Å². The zero-order valence-electron chi connectivity index (χ0n) is 18.8.